The molecule has 8 heteroatoms. The number of pyridine rings is 1. The minimum atomic E-state index is -0.0135. The van der Waals surface area contributed by atoms with Crippen molar-refractivity contribution in [2.45, 2.75) is 26.3 Å². The fourth-order valence-corrected chi connectivity index (χ4v) is 3.35. The lowest BCUT2D eigenvalue weighted by Gasteiger charge is -2.13. The van der Waals surface area contributed by atoms with Crippen LogP contribution in [0, 0.1) is 0 Å². The third-order valence-electron chi connectivity index (χ3n) is 4.95. The van der Waals surface area contributed by atoms with Crippen molar-refractivity contribution in [3.05, 3.63) is 66.4 Å². The molecule has 8 nitrogen and oxygen atoms in total. The highest BCUT2D eigenvalue weighted by Gasteiger charge is 2.18. The zero-order valence-corrected chi connectivity index (χ0v) is 16.8. The average Bonchev–Trinajstić information content (AvgIpc) is 3.38. The average molecular weight is 404 g/mol. The van der Waals surface area contributed by atoms with Crippen LogP contribution in [0.5, 0.6) is 0 Å². The number of aliphatic hydroxyl groups is 1. The van der Waals surface area contributed by atoms with E-state index < -0.39 is 0 Å². The first-order valence-electron chi connectivity index (χ1n) is 9.96. The summed E-state index contributed by atoms with van der Waals surface area (Å²) in [5.74, 6) is 0.665. The standard InChI is InChI=1S/C22H24N6O2/c1-16-13-18(17(5-4-12-29)14-20(16)30)25-21-19-6-2-3-9-28(19)26-22(21)24-8-11-27-10-7-23-15-27/h2-3,6-7,9-10,13-15,29H,4-5,8,11-12H2,1H3,(H,24,26). The highest BCUT2D eigenvalue weighted by atomic mass is 16.2. The van der Waals surface area contributed by atoms with Crippen LogP contribution < -0.4 is 5.32 Å². The maximum Gasteiger partial charge on any atom is 0.181 e. The fraction of sp³-hybridized carbons (Fsp3) is 0.273. The lowest BCUT2D eigenvalue weighted by molar-refractivity contribution is -0.111. The number of anilines is 1. The zero-order valence-electron chi connectivity index (χ0n) is 16.8. The van der Waals surface area contributed by atoms with E-state index in [2.05, 4.69) is 15.4 Å². The summed E-state index contributed by atoms with van der Waals surface area (Å²) in [7, 11) is 0. The predicted molar refractivity (Wildman–Crippen MR) is 116 cm³/mol. The molecule has 3 aromatic heterocycles. The number of rotatable bonds is 8. The molecule has 2 N–H and O–H groups in total. The number of hydrogen-bond donors (Lipinski definition) is 2. The molecule has 30 heavy (non-hydrogen) atoms. The predicted octanol–water partition coefficient (Wildman–Crippen LogP) is 2.94. The Kier molecular flexibility index (Phi) is 5.85. The van der Waals surface area contributed by atoms with Crippen LogP contribution in [0.4, 0.5) is 11.5 Å². The molecule has 3 aromatic rings. The molecule has 154 valence electrons. The Morgan fingerprint density at radius 3 is 2.93 bits per heavy atom. The highest BCUT2D eigenvalue weighted by Crippen LogP contribution is 2.31. The van der Waals surface area contributed by atoms with Crippen molar-refractivity contribution in [3.63, 3.8) is 0 Å². The minimum absolute atomic E-state index is 0.0135. The lowest BCUT2D eigenvalue weighted by atomic mass is 9.94. The molecular weight excluding hydrogens is 380 g/mol. The van der Waals surface area contributed by atoms with Crippen molar-refractivity contribution in [3.8, 4) is 0 Å². The summed E-state index contributed by atoms with van der Waals surface area (Å²) in [5, 5.41) is 17.2. The number of ketones is 1. The smallest absolute Gasteiger partial charge is 0.181 e. The number of hydrogen-bond acceptors (Lipinski definition) is 6. The van der Waals surface area contributed by atoms with Crippen LogP contribution in [-0.4, -0.2) is 48.9 Å². The Morgan fingerprint density at radius 1 is 1.23 bits per heavy atom. The van der Waals surface area contributed by atoms with E-state index in [1.807, 2.05) is 41.2 Å². The number of aliphatic imine (C=N–C) groups is 1. The molecule has 0 radical (unpaired) electrons. The van der Waals surface area contributed by atoms with E-state index in [4.69, 9.17) is 4.99 Å². The monoisotopic (exact) mass is 404 g/mol. The summed E-state index contributed by atoms with van der Waals surface area (Å²) in [6.07, 6.45) is 11.9. The van der Waals surface area contributed by atoms with E-state index >= 15 is 0 Å². The number of carbonyl (C=O) groups is 1. The number of fused-ring (bicyclic) bond motifs is 1. The Bertz CT molecular complexity index is 1140. The summed E-state index contributed by atoms with van der Waals surface area (Å²) in [4.78, 5) is 21.1. The normalized spacial score (nSPS) is 15.5. The van der Waals surface area contributed by atoms with Gasteiger partial charge in [-0.1, -0.05) is 6.07 Å². The van der Waals surface area contributed by atoms with Gasteiger partial charge in [-0.05, 0) is 55.2 Å². The molecule has 1 aliphatic carbocycles. The zero-order chi connectivity index (χ0) is 20.9. The van der Waals surface area contributed by atoms with E-state index in [0.717, 1.165) is 29.0 Å². The van der Waals surface area contributed by atoms with Gasteiger partial charge < -0.3 is 15.0 Å². The summed E-state index contributed by atoms with van der Waals surface area (Å²) in [5.41, 5.74) is 3.81. The van der Waals surface area contributed by atoms with Crippen LogP contribution in [0.1, 0.15) is 19.8 Å². The summed E-state index contributed by atoms with van der Waals surface area (Å²) < 4.78 is 3.78. The molecular formula is C22H24N6O2. The summed E-state index contributed by atoms with van der Waals surface area (Å²) in [6.45, 7) is 3.27. The number of imidazole rings is 1. The molecule has 1 aliphatic rings. The molecule has 0 bridgehead atoms. The van der Waals surface area contributed by atoms with Gasteiger partial charge in [0.15, 0.2) is 11.6 Å². The van der Waals surface area contributed by atoms with Crippen molar-refractivity contribution >= 4 is 28.5 Å². The van der Waals surface area contributed by atoms with E-state index in [0.29, 0.717) is 30.8 Å². The Morgan fingerprint density at radius 2 is 2.13 bits per heavy atom. The topological polar surface area (TPSA) is 96.8 Å². The van der Waals surface area contributed by atoms with Crippen LogP contribution >= 0.6 is 0 Å². The van der Waals surface area contributed by atoms with Crippen LogP contribution in [0.3, 0.4) is 0 Å². The van der Waals surface area contributed by atoms with Crippen molar-refractivity contribution in [1.82, 2.24) is 19.2 Å². The maximum atomic E-state index is 12.2. The quantitative estimate of drug-likeness (QED) is 0.563. The van der Waals surface area contributed by atoms with Gasteiger partial charge in [-0.3, -0.25) is 4.79 Å². The Labute approximate surface area is 174 Å². The molecule has 0 aliphatic heterocycles. The molecule has 0 spiro atoms. The second kappa shape index (κ2) is 8.87. The molecule has 0 aromatic carbocycles. The summed E-state index contributed by atoms with van der Waals surface area (Å²) >= 11 is 0. The number of allylic oxidation sites excluding steroid dienone is 4. The van der Waals surface area contributed by atoms with E-state index in [1.54, 1.807) is 30.0 Å². The first-order valence-corrected chi connectivity index (χ1v) is 9.96. The summed E-state index contributed by atoms with van der Waals surface area (Å²) in [6, 6.07) is 5.83. The fourth-order valence-electron chi connectivity index (χ4n) is 3.35. The third-order valence-corrected chi connectivity index (χ3v) is 4.95. The van der Waals surface area contributed by atoms with Gasteiger partial charge in [-0.2, -0.15) is 0 Å². The van der Waals surface area contributed by atoms with Gasteiger partial charge in [0.2, 0.25) is 0 Å². The minimum Gasteiger partial charge on any atom is -0.396 e. The van der Waals surface area contributed by atoms with Gasteiger partial charge in [0.25, 0.3) is 0 Å². The van der Waals surface area contributed by atoms with E-state index in [9.17, 15) is 9.90 Å². The number of aromatic nitrogens is 4. The Hall–Kier alpha value is -3.52. The van der Waals surface area contributed by atoms with Crippen molar-refractivity contribution in [2.75, 3.05) is 18.5 Å². The SMILES string of the molecule is CC1=CC(=Nc2c(NCCn3ccnc3)nn3ccccc23)C(CCCO)=CC1=O. The van der Waals surface area contributed by atoms with Crippen LogP contribution in [-0.2, 0) is 11.3 Å². The second-order valence-corrected chi connectivity index (χ2v) is 7.14. The molecule has 3 heterocycles. The van der Waals surface area contributed by atoms with Crippen LogP contribution in [0.2, 0.25) is 0 Å². The third kappa shape index (κ3) is 4.23. The molecule has 0 saturated carbocycles. The lowest BCUT2D eigenvalue weighted by Crippen LogP contribution is -2.13. The van der Waals surface area contributed by atoms with Gasteiger partial charge in [0, 0.05) is 38.3 Å². The number of carbonyl (C=O) groups excluding carboxylic acids is 1. The molecule has 0 saturated heterocycles. The van der Waals surface area contributed by atoms with E-state index in [1.165, 1.54) is 0 Å². The number of aliphatic hydroxyl groups excluding tert-OH is 1. The van der Waals surface area contributed by atoms with Gasteiger partial charge in [-0.15, -0.1) is 5.10 Å². The van der Waals surface area contributed by atoms with Crippen molar-refractivity contribution in [1.29, 1.82) is 0 Å². The van der Waals surface area contributed by atoms with Crippen molar-refractivity contribution in [2.24, 2.45) is 4.99 Å². The molecule has 0 fully saturated rings. The maximum absolute atomic E-state index is 12.2. The number of nitrogens with one attached hydrogen (secondary N) is 1. The molecule has 0 atom stereocenters. The molecule has 4 rings (SSSR count). The molecule has 0 unspecified atom stereocenters. The van der Waals surface area contributed by atoms with Gasteiger partial charge in [0.05, 0.1) is 17.6 Å². The van der Waals surface area contributed by atoms with Gasteiger partial charge in [-0.25, -0.2) is 14.5 Å². The van der Waals surface area contributed by atoms with Crippen molar-refractivity contribution < 1.29 is 9.90 Å². The molecule has 0 amide bonds. The Balaban J connectivity index is 1.69. The van der Waals surface area contributed by atoms with Gasteiger partial charge >= 0.3 is 0 Å². The first-order chi connectivity index (χ1) is 14.7. The van der Waals surface area contributed by atoms with Crippen LogP contribution in [0.25, 0.3) is 5.52 Å². The van der Waals surface area contributed by atoms with Crippen LogP contribution in [0.15, 0.2) is 71.4 Å². The first kappa shape index (κ1) is 19.8. The highest BCUT2D eigenvalue weighted by molar-refractivity contribution is 6.22. The largest absolute Gasteiger partial charge is 0.396 e. The van der Waals surface area contributed by atoms with E-state index in [-0.39, 0.29) is 12.4 Å². The number of nitrogens with zero attached hydrogens (tertiary/aromatic N) is 5. The van der Waals surface area contributed by atoms with Gasteiger partial charge in [0.1, 0.15) is 5.69 Å². The second-order valence-electron chi connectivity index (χ2n) is 7.14.